The quantitative estimate of drug-likeness (QED) is 0.755. The number of hydrogen-bond donors (Lipinski definition) is 0. The number of halogens is 1. The maximum absolute atomic E-state index is 6.02. The molecule has 3 heteroatoms. The van der Waals surface area contributed by atoms with Crippen LogP contribution in [-0.4, -0.2) is 23.4 Å². The molecule has 2 heterocycles. The Morgan fingerprint density at radius 1 is 1.35 bits per heavy atom. The lowest BCUT2D eigenvalue weighted by atomic mass is 10.1. The molecule has 0 N–H and O–H groups in total. The van der Waals surface area contributed by atoms with E-state index in [1.807, 2.05) is 11.3 Å². The van der Waals surface area contributed by atoms with Gasteiger partial charge in [-0.3, -0.25) is 4.90 Å². The second kappa shape index (κ2) is 4.97. The second-order valence-corrected chi connectivity index (χ2v) is 5.90. The smallest absolute Gasteiger partial charge is 0.0379 e. The summed E-state index contributed by atoms with van der Waals surface area (Å²) in [6, 6.07) is 9.25. The lowest BCUT2D eigenvalue weighted by Gasteiger charge is -2.22. The maximum atomic E-state index is 6.02. The topological polar surface area (TPSA) is 3.24 Å². The first-order valence-corrected chi connectivity index (χ1v) is 7.55. The molecule has 1 aliphatic rings. The van der Waals surface area contributed by atoms with E-state index in [2.05, 4.69) is 34.5 Å². The van der Waals surface area contributed by atoms with Gasteiger partial charge < -0.3 is 0 Å². The van der Waals surface area contributed by atoms with Crippen molar-refractivity contribution in [1.82, 2.24) is 4.90 Å². The van der Waals surface area contributed by atoms with Crippen molar-refractivity contribution < 1.29 is 0 Å². The Bertz CT molecular complexity index is 508. The summed E-state index contributed by atoms with van der Waals surface area (Å²) in [5.41, 5.74) is 1.46. The van der Waals surface area contributed by atoms with Gasteiger partial charge in [0.2, 0.25) is 0 Å². The number of benzene rings is 1. The highest BCUT2D eigenvalue weighted by molar-refractivity contribution is 7.17. The molecule has 90 valence electrons. The lowest BCUT2D eigenvalue weighted by molar-refractivity contribution is 0.264. The van der Waals surface area contributed by atoms with Crippen molar-refractivity contribution in [2.45, 2.75) is 25.4 Å². The second-order valence-electron chi connectivity index (χ2n) is 4.68. The molecule has 1 atom stereocenters. The van der Waals surface area contributed by atoms with Crippen LogP contribution in [0.1, 0.15) is 18.4 Å². The van der Waals surface area contributed by atoms with E-state index in [1.165, 1.54) is 35.0 Å². The van der Waals surface area contributed by atoms with Gasteiger partial charge in [0.1, 0.15) is 0 Å². The molecule has 1 aliphatic heterocycles. The maximum Gasteiger partial charge on any atom is 0.0379 e. The van der Waals surface area contributed by atoms with Crippen molar-refractivity contribution >= 4 is 33.0 Å². The number of fused-ring (bicyclic) bond motifs is 1. The molecule has 1 saturated heterocycles. The van der Waals surface area contributed by atoms with Crippen LogP contribution in [0.2, 0.25) is 0 Å². The minimum atomic E-state index is 0.579. The van der Waals surface area contributed by atoms with E-state index in [9.17, 15) is 0 Å². The van der Waals surface area contributed by atoms with Gasteiger partial charge >= 0.3 is 0 Å². The first-order chi connectivity index (χ1) is 8.38. The van der Waals surface area contributed by atoms with Gasteiger partial charge in [-0.05, 0) is 41.8 Å². The van der Waals surface area contributed by atoms with Gasteiger partial charge in [0, 0.05) is 23.2 Å². The molecule has 0 radical (unpaired) electrons. The van der Waals surface area contributed by atoms with Crippen molar-refractivity contribution in [3.8, 4) is 0 Å². The minimum absolute atomic E-state index is 0.579. The molecule has 1 fully saturated rings. The number of likely N-dealkylation sites (tertiary alicyclic amines) is 1. The molecule has 1 aromatic carbocycles. The molecule has 0 bridgehead atoms. The van der Waals surface area contributed by atoms with E-state index >= 15 is 0 Å². The highest BCUT2D eigenvalue weighted by atomic mass is 35.5. The molecule has 1 aromatic heterocycles. The highest BCUT2D eigenvalue weighted by Gasteiger charge is 2.24. The number of hydrogen-bond acceptors (Lipinski definition) is 2. The molecule has 0 spiro atoms. The van der Waals surface area contributed by atoms with Crippen molar-refractivity contribution in [3.63, 3.8) is 0 Å². The number of alkyl halides is 1. The first-order valence-electron chi connectivity index (χ1n) is 6.13. The normalized spacial score (nSPS) is 21.4. The zero-order chi connectivity index (χ0) is 11.7. The van der Waals surface area contributed by atoms with Gasteiger partial charge in [-0.25, -0.2) is 0 Å². The number of thiophene rings is 1. The van der Waals surface area contributed by atoms with E-state index in [4.69, 9.17) is 11.6 Å². The molecule has 0 aliphatic carbocycles. The molecule has 17 heavy (non-hydrogen) atoms. The van der Waals surface area contributed by atoms with E-state index in [0.29, 0.717) is 6.04 Å². The van der Waals surface area contributed by atoms with Crippen LogP contribution in [0, 0.1) is 0 Å². The zero-order valence-corrected chi connectivity index (χ0v) is 11.3. The Labute approximate surface area is 111 Å². The Kier molecular flexibility index (Phi) is 3.37. The van der Waals surface area contributed by atoms with Crippen molar-refractivity contribution in [2.75, 3.05) is 12.4 Å². The lowest BCUT2D eigenvalue weighted by Crippen LogP contribution is -2.29. The predicted octanol–water partition coefficient (Wildman–Crippen LogP) is 4.10. The predicted molar refractivity (Wildman–Crippen MR) is 76.0 cm³/mol. The largest absolute Gasteiger partial charge is 0.295 e. The highest BCUT2D eigenvalue weighted by Crippen LogP contribution is 2.29. The summed E-state index contributed by atoms with van der Waals surface area (Å²) in [6.45, 7) is 2.25. The van der Waals surface area contributed by atoms with E-state index in [0.717, 1.165) is 12.4 Å². The summed E-state index contributed by atoms with van der Waals surface area (Å²) in [7, 11) is 0. The fourth-order valence-corrected chi connectivity index (χ4v) is 3.96. The number of rotatable bonds is 3. The Hall–Kier alpha value is -0.570. The summed E-state index contributed by atoms with van der Waals surface area (Å²) in [6.07, 6.45) is 2.55. The van der Waals surface area contributed by atoms with Gasteiger partial charge in [0.25, 0.3) is 0 Å². The third kappa shape index (κ3) is 2.22. The Balaban J connectivity index is 1.85. The molecule has 2 aromatic rings. The van der Waals surface area contributed by atoms with Gasteiger partial charge in [0.15, 0.2) is 0 Å². The first kappa shape index (κ1) is 11.5. The molecule has 0 amide bonds. The van der Waals surface area contributed by atoms with Crippen LogP contribution in [0.15, 0.2) is 29.6 Å². The summed E-state index contributed by atoms with van der Waals surface area (Å²) >= 11 is 7.87. The van der Waals surface area contributed by atoms with Gasteiger partial charge in [-0.2, -0.15) is 0 Å². The summed E-state index contributed by atoms with van der Waals surface area (Å²) in [5, 5.41) is 3.71. The summed E-state index contributed by atoms with van der Waals surface area (Å²) in [5.74, 6) is 0.766. The number of nitrogens with zero attached hydrogens (tertiary/aromatic N) is 1. The van der Waals surface area contributed by atoms with Crippen LogP contribution in [-0.2, 0) is 6.54 Å². The average Bonchev–Trinajstić information content (AvgIpc) is 2.97. The van der Waals surface area contributed by atoms with E-state index < -0.39 is 0 Å². The van der Waals surface area contributed by atoms with E-state index in [-0.39, 0.29) is 0 Å². The van der Waals surface area contributed by atoms with Gasteiger partial charge in [0.05, 0.1) is 0 Å². The average molecular weight is 266 g/mol. The molecule has 1 unspecified atom stereocenters. The standard InChI is InChI=1S/C14H16ClNS/c15-8-12-4-3-7-16(12)9-11-10-17-14-6-2-1-5-13(11)14/h1-2,5-6,10,12H,3-4,7-9H2. The van der Waals surface area contributed by atoms with Crippen molar-refractivity contribution in [3.05, 3.63) is 35.2 Å². The molecule has 1 nitrogen and oxygen atoms in total. The molecular weight excluding hydrogens is 250 g/mol. The van der Waals surface area contributed by atoms with Crippen LogP contribution in [0.5, 0.6) is 0 Å². The van der Waals surface area contributed by atoms with Crippen LogP contribution in [0.4, 0.5) is 0 Å². The SMILES string of the molecule is ClCC1CCCN1Cc1csc2ccccc12. The Morgan fingerprint density at radius 3 is 3.12 bits per heavy atom. The molecule has 0 saturated carbocycles. The third-order valence-electron chi connectivity index (χ3n) is 3.61. The van der Waals surface area contributed by atoms with Crippen LogP contribution >= 0.6 is 22.9 Å². The molecular formula is C14H16ClNS. The van der Waals surface area contributed by atoms with Crippen LogP contribution in [0.25, 0.3) is 10.1 Å². The zero-order valence-electron chi connectivity index (χ0n) is 9.73. The fraction of sp³-hybridized carbons (Fsp3) is 0.429. The minimum Gasteiger partial charge on any atom is -0.295 e. The van der Waals surface area contributed by atoms with Crippen LogP contribution in [0.3, 0.4) is 0 Å². The molecule has 3 rings (SSSR count). The van der Waals surface area contributed by atoms with Crippen molar-refractivity contribution in [2.24, 2.45) is 0 Å². The third-order valence-corrected chi connectivity index (χ3v) is 4.98. The monoisotopic (exact) mass is 265 g/mol. The van der Waals surface area contributed by atoms with Crippen LogP contribution < -0.4 is 0 Å². The van der Waals surface area contributed by atoms with Gasteiger partial charge in [-0.15, -0.1) is 22.9 Å². The van der Waals surface area contributed by atoms with Crippen molar-refractivity contribution in [1.29, 1.82) is 0 Å². The van der Waals surface area contributed by atoms with Gasteiger partial charge in [-0.1, -0.05) is 18.2 Å². The van der Waals surface area contributed by atoms with E-state index in [1.54, 1.807) is 0 Å². The fourth-order valence-electron chi connectivity index (χ4n) is 2.65. The summed E-state index contributed by atoms with van der Waals surface area (Å²) in [4.78, 5) is 2.53. The Morgan fingerprint density at radius 2 is 2.24 bits per heavy atom. The summed E-state index contributed by atoms with van der Waals surface area (Å²) < 4.78 is 1.39.